The zero-order valence-electron chi connectivity index (χ0n) is 17.6. The Labute approximate surface area is 177 Å². The molecule has 154 valence electrons. The first kappa shape index (κ1) is 21.3. The first-order chi connectivity index (χ1) is 14.7. The molecule has 0 unspecified atom stereocenters. The molecule has 0 aromatic carbocycles. The number of ether oxygens (including phenoxy) is 1. The molecule has 6 heteroatoms. The minimum Gasteiger partial charge on any atom is -0.485 e. The van der Waals surface area contributed by atoms with Crippen molar-refractivity contribution in [1.82, 2.24) is 19.5 Å². The number of nitrogens with zero attached hydrogens (tertiary/aromatic N) is 4. The molecule has 4 rings (SSSR count). The van der Waals surface area contributed by atoms with E-state index in [1.165, 1.54) is 18.9 Å². The second kappa shape index (κ2) is 10.4. The predicted octanol–water partition coefficient (Wildman–Crippen LogP) is 3.76. The lowest BCUT2D eigenvalue weighted by Crippen LogP contribution is -2.22. The molecule has 1 fully saturated rings. The highest BCUT2D eigenvalue weighted by atomic mass is 16.5. The number of hydrogen-bond donors (Lipinski definition) is 0. The van der Waals surface area contributed by atoms with Crippen LogP contribution in [0.2, 0.25) is 0 Å². The Morgan fingerprint density at radius 2 is 1.90 bits per heavy atom. The van der Waals surface area contributed by atoms with Gasteiger partial charge in [0.25, 0.3) is 5.56 Å². The van der Waals surface area contributed by atoms with Crippen LogP contribution in [0.4, 0.5) is 0 Å². The Kier molecular flexibility index (Phi) is 7.34. The molecular formula is C24H26N4O2. The van der Waals surface area contributed by atoms with Crippen LogP contribution in [0.3, 0.4) is 0 Å². The third-order valence-corrected chi connectivity index (χ3v) is 4.44. The van der Waals surface area contributed by atoms with Crippen molar-refractivity contribution in [3.05, 3.63) is 82.1 Å². The SMILES string of the molecule is CC.Cc1cc(OCc2ncccn2)cc(=O)n1Cc1ccc(C#CC2CC2)nc1. The van der Waals surface area contributed by atoms with Gasteiger partial charge in [0, 0.05) is 36.3 Å². The van der Waals surface area contributed by atoms with Crippen molar-refractivity contribution in [3.8, 4) is 17.6 Å². The van der Waals surface area contributed by atoms with E-state index < -0.39 is 0 Å². The minimum absolute atomic E-state index is 0.124. The molecule has 3 aromatic rings. The average molecular weight is 402 g/mol. The lowest BCUT2D eigenvalue weighted by Gasteiger charge is -2.12. The van der Waals surface area contributed by atoms with E-state index in [1.54, 1.807) is 29.2 Å². The summed E-state index contributed by atoms with van der Waals surface area (Å²) in [4.78, 5) is 25.1. The lowest BCUT2D eigenvalue weighted by atomic mass is 10.2. The van der Waals surface area contributed by atoms with Gasteiger partial charge in [0.15, 0.2) is 5.82 Å². The molecule has 0 aliphatic heterocycles. The summed E-state index contributed by atoms with van der Waals surface area (Å²) >= 11 is 0. The summed E-state index contributed by atoms with van der Waals surface area (Å²) in [5, 5.41) is 0. The van der Waals surface area contributed by atoms with E-state index >= 15 is 0 Å². The maximum atomic E-state index is 12.5. The molecule has 1 saturated carbocycles. The van der Waals surface area contributed by atoms with Crippen LogP contribution in [0, 0.1) is 24.7 Å². The van der Waals surface area contributed by atoms with Crippen LogP contribution in [0.1, 0.15) is 49.5 Å². The quantitative estimate of drug-likeness (QED) is 0.608. The van der Waals surface area contributed by atoms with E-state index in [1.807, 2.05) is 39.0 Å². The molecule has 6 nitrogen and oxygen atoms in total. The van der Waals surface area contributed by atoms with Gasteiger partial charge < -0.3 is 9.30 Å². The monoisotopic (exact) mass is 402 g/mol. The Hall–Kier alpha value is -3.46. The van der Waals surface area contributed by atoms with Crippen molar-refractivity contribution in [3.63, 3.8) is 0 Å². The Morgan fingerprint density at radius 1 is 1.13 bits per heavy atom. The summed E-state index contributed by atoms with van der Waals surface area (Å²) in [5.74, 6) is 7.93. The van der Waals surface area contributed by atoms with E-state index in [4.69, 9.17) is 4.74 Å². The molecule has 0 spiro atoms. The van der Waals surface area contributed by atoms with Crippen molar-refractivity contribution in [2.24, 2.45) is 5.92 Å². The summed E-state index contributed by atoms with van der Waals surface area (Å²) in [6, 6.07) is 8.94. The molecule has 30 heavy (non-hydrogen) atoms. The topological polar surface area (TPSA) is 69.9 Å². The fraction of sp³-hybridized carbons (Fsp3) is 0.333. The summed E-state index contributed by atoms with van der Waals surface area (Å²) in [5.41, 5.74) is 2.41. The maximum Gasteiger partial charge on any atom is 0.254 e. The fourth-order valence-electron chi connectivity index (χ4n) is 2.72. The maximum absolute atomic E-state index is 12.5. The van der Waals surface area contributed by atoms with Gasteiger partial charge in [0.05, 0.1) is 6.54 Å². The van der Waals surface area contributed by atoms with Gasteiger partial charge in [-0.15, -0.1) is 0 Å². The first-order valence-corrected chi connectivity index (χ1v) is 10.2. The largest absolute Gasteiger partial charge is 0.485 e. The summed E-state index contributed by atoms with van der Waals surface area (Å²) in [6.07, 6.45) is 7.49. The third-order valence-electron chi connectivity index (χ3n) is 4.44. The highest BCUT2D eigenvalue weighted by Crippen LogP contribution is 2.27. The molecule has 0 N–H and O–H groups in total. The summed E-state index contributed by atoms with van der Waals surface area (Å²) < 4.78 is 7.35. The van der Waals surface area contributed by atoms with Gasteiger partial charge in [-0.2, -0.15) is 0 Å². The van der Waals surface area contributed by atoms with E-state index in [9.17, 15) is 4.79 Å². The summed E-state index contributed by atoms with van der Waals surface area (Å²) in [6.45, 7) is 6.56. The fourth-order valence-corrected chi connectivity index (χ4v) is 2.72. The van der Waals surface area contributed by atoms with E-state index in [0.717, 1.165) is 17.0 Å². The number of rotatable bonds is 5. The van der Waals surface area contributed by atoms with Crippen LogP contribution in [-0.2, 0) is 13.2 Å². The molecule has 3 heterocycles. The first-order valence-electron chi connectivity index (χ1n) is 10.2. The lowest BCUT2D eigenvalue weighted by molar-refractivity contribution is 0.294. The average Bonchev–Trinajstić information content (AvgIpc) is 3.61. The van der Waals surface area contributed by atoms with Gasteiger partial charge in [0.1, 0.15) is 18.1 Å². The molecule has 1 aliphatic rings. The van der Waals surface area contributed by atoms with Crippen molar-refractivity contribution >= 4 is 0 Å². The zero-order valence-corrected chi connectivity index (χ0v) is 17.6. The third kappa shape index (κ3) is 6.02. The van der Waals surface area contributed by atoms with Crippen LogP contribution >= 0.6 is 0 Å². The van der Waals surface area contributed by atoms with Gasteiger partial charge in [-0.25, -0.2) is 15.0 Å². The van der Waals surface area contributed by atoms with Crippen LogP contribution in [-0.4, -0.2) is 19.5 Å². The van der Waals surface area contributed by atoms with Gasteiger partial charge >= 0.3 is 0 Å². The van der Waals surface area contributed by atoms with Crippen LogP contribution in [0.25, 0.3) is 0 Å². The summed E-state index contributed by atoms with van der Waals surface area (Å²) in [7, 11) is 0. The standard InChI is InChI=1S/C22H20N4O2.C2H6/c1-16-11-20(28-15-21-23-9-2-10-24-21)12-22(27)26(16)14-18-6-8-19(25-13-18)7-5-17-3-4-17;1-2/h2,6,8-13,17H,3-4,14-15H2,1H3;1-2H3. The smallest absolute Gasteiger partial charge is 0.254 e. The van der Waals surface area contributed by atoms with Crippen molar-refractivity contribution in [2.75, 3.05) is 0 Å². The molecule has 0 saturated heterocycles. The number of hydrogen-bond acceptors (Lipinski definition) is 5. The highest BCUT2D eigenvalue weighted by molar-refractivity contribution is 5.31. The van der Waals surface area contributed by atoms with Crippen LogP contribution < -0.4 is 10.3 Å². The minimum atomic E-state index is -0.124. The highest BCUT2D eigenvalue weighted by Gasteiger charge is 2.17. The molecule has 0 bridgehead atoms. The van der Waals surface area contributed by atoms with Gasteiger partial charge in [0.2, 0.25) is 0 Å². The Balaban J connectivity index is 0.00000124. The second-order valence-electron chi connectivity index (χ2n) is 6.81. The van der Waals surface area contributed by atoms with Crippen molar-refractivity contribution < 1.29 is 4.74 Å². The molecule has 1 aliphatic carbocycles. The molecule has 0 atom stereocenters. The number of pyridine rings is 2. The Morgan fingerprint density at radius 3 is 2.53 bits per heavy atom. The van der Waals surface area contributed by atoms with E-state index in [0.29, 0.717) is 24.0 Å². The molecular weight excluding hydrogens is 376 g/mol. The van der Waals surface area contributed by atoms with Crippen LogP contribution in [0.5, 0.6) is 5.75 Å². The van der Waals surface area contributed by atoms with Gasteiger partial charge in [-0.3, -0.25) is 4.79 Å². The zero-order chi connectivity index (χ0) is 21.3. The Bertz CT molecular complexity index is 1080. The van der Waals surface area contributed by atoms with E-state index in [2.05, 4.69) is 26.8 Å². The predicted molar refractivity (Wildman–Crippen MR) is 116 cm³/mol. The van der Waals surface area contributed by atoms with Crippen molar-refractivity contribution in [1.29, 1.82) is 0 Å². The van der Waals surface area contributed by atoms with Gasteiger partial charge in [-0.05, 0) is 49.4 Å². The molecule has 3 aromatic heterocycles. The van der Waals surface area contributed by atoms with E-state index in [-0.39, 0.29) is 12.2 Å². The van der Waals surface area contributed by atoms with Crippen molar-refractivity contribution in [2.45, 2.75) is 46.8 Å². The number of aryl methyl sites for hydroxylation is 1. The molecule has 0 amide bonds. The van der Waals surface area contributed by atoms with Crippen LogP contribution in [0.15, 0.2) is 53.7 Å². The normalized spacial score (nSPS) is 12.2. The number of aromatic nitrogens is 4. The second-order valence-corrected chi connectivity index (χ2v) is 6.81. The molecule has 0 radical (unpaired) electrons. The van der Waals surface area contributed by atoms with Gasteiger partial charge in [-0.1, -0.05) is 25.8 Å².